The molecule has 0 bridgehead atoms. The Labute approximate surface area is 137 Å². The van der Waals surface area contributed by atoms with Gasteiger partial charge in [-0.15, -0.1) is 0 Å². The molecule has 122 valence electrons. The molecule has 1 heterocycles. The zero-order valence-corrected chi connectivity index (χ0v) is 13.7. The highest BCUT2D eigenvalue weighted by Gasteiger charge is 2.50. The van der Waals surface area contributed by atoms with Gasteiger partial charge in [-0.25, -0.2) is 4.79 Å². The molecule has 2 aliphatic rings. The molecule has 23 heavy (non-hydrogen) atoms. The lowest BCUT2D eigenvalue weighted by Gasteiger charge is -2.44. The Morgan fingerprint density at radius 3 is 3.00 bits per heavy atom. The first-order valence-electron chi connectivity index (χ1n) is 8.20. The molecule has 1 aromatic rings. The van der Waals surface area contributed by atoms with E-state index < -0.39 is 5.60 Å². The first-order chi connectivity index (χ1) is 11.0. The highest BCUT2D eigenvalue weighted by Crippen LogP contribution is 2.42. The molecule has 0 radical (unpaired) electrons. The van der Waals surface area contributed by atoms with Gasteiger partial charge in [0.2, 0.25) is 0 Å². The molecule has 1 N–H and O–H groups in total. The summed E-state index contributed by atoms with van der Waals surface area (Å²) in [4.78, 5) is 13.7. The molecule has 2 fully saturated rings. The number of aryl methyl sites for hydroxylation is 1. The minimum absolute atomic E-state index is 0.00709. The number of fused-ring (bicyclic) bond motifs is 1. The van der Waals surface area contributed by atoms with Crippen molar-refractivity contribution in [1.82, 2.24) is 4.90 Å². The van der Waals surface area contributed by atoms with Crippen LogP contribution in [0.5, 0.6) is 0 Å². The Hall–Kier alpha value is -1.99. The number of hydrogen-bond donors (Lipinski definition) is 1. The maximum absolute atomic E-state index is 11.9. The Bertz CT molecular complexity index is 660. The number of carbonyl (C=O) groups is 1. The normalized spacial score (nSPS) is 29.4. The fourth-order valence-corrected chi connectivity index (χ4v) is 3.92. The van der Waals surface area contributed by atoms with Gasteiger partial charge in [0, 0.05) is 30.5 Å². The summed E-state index contributed by atoms with van der Waals surface area (Å²) in [6.07, 6.45) is 3.00. The summed E-state index contributed by atoms with van der Waals surface area (Å²) in [6, 6.07) is 8.02. The molecule has 1 amide bonds. The maximum Gasteiger partial charge on any atom is 0.409 e. The van der Waals surface area contributed by atoms with Crippen LogP contribution in [0.2, 0.25) is 0 Å². The second kappa shape index (κ2) is 6.25. The smallest absolute Gasteiger partial charge is 0.409 e. The van der Waals surface area contributed by atoms with Crippen LogP contribution < -0.4 is 0 Å². The number of carbonyl (C=O) groups excluding carboxylic acids is 1. The van der Waals surface area contributed by atoms with E-state index in [0.717, 1.165) is 30.4 Å². The Balaban J connectivity index is 1.84. The minimum atomic E-state index is -1.02. The van der Waals surface area contributed by atoms with Crippen LogP contribution in [0, 0.1) is 24.7 Å². The number of amides is 1. The monoisotopic (exact) mass is 313 g/mol. The van der Waals surface area contributed by atoms with Gasteiger partial charge in [-0.1, -0.05) is 30.4 Å². The summed E-state index contributed by atoms with van der Waals surface area (Å²) in [5, 5.41) is 11.1. The van der Waals surface area contributed by atoms with Gasteiger partial charge >= 0.3 is 6.09 Å². The molecule has 4 nitrogen and oxygen atoms in total. The van der Waals surface area contributed by atoms with E-state index in [-0.39, 0.29) is 18.1 Å². The van der Waals surface area contributed by atoms with E-state index in [1.165, 1.54) is 7.11 Å². The van der Waals surface area contributed by atoms with Crippen molar-refractivity contribution in [2.24, 2.45) is 5.92 Å². The molecule has 3 unspecified atom stereocenters. The molecule has 1 aliphatic heterocycles. The first-order valence-corrected chi connectivity index (χ1v) is 8.20. The van der Waals surface area contributed by atoms with Crippen molar-refractivity contribution in [1.29, 1.82) is 0 Å². The van der Waals surface area contributed by atoms with Gasteiger partial charge in [0.1, 0.15) is 5.60 Å². The van der Waals surface area contributed by atoms with Gasteiger partial charge in [0.25, 0.3) is 0 Å². The highest BCUT2D eigenvalue weighted by atomic mass is 16.5. The third-order valence-electron chi connectivity index (χ3n) is 5.08. The fourth-order valence-electron chi connectivity index (χ4n) is 3.92. The van der Waals surface area contributed by atoms with E-state index in [1.807, 2.05) is 31.2 Å². The number of methoxy groups -OCH3 is 1. The number of piperidine rings is 1. The lowest BCUT2D eigenvalue weighted by atomic mass is 9.77. The number of ether oxygens (including phenoxy) is 1. The SMILES string of the molecule is COC(=O)N1CCC(O)(C#Cc2cccc(C)c2)C2CCCC21. The number of likely N-dealkylation sites (tertiary alicyclic amines) is 1. The molecule has 1 saturated heterocycles. The molecule has 1 aromatic carbocycles. The number of benzene rings is 1. The van der Waals surface area contributed by atoms with Gasteiger partial charge in [-0.2, -0.15) is 0 Å². The number of hydrogen-bond acceptors (Lipinski definition) is 3. The lowest BCUT2D eigenvalue weighted by Crippen LogP contribution is -2.56. The van der Waals surface area contributed by atoms with E-state index in [0.29, 0.717) is 13.0 Å². The highest BCUT2D eigenvalue weighted by molar-refractivity contribution is 5.68. The predicted molar refractivity (Wildman–Crippen MR) is 87.9 cm³/mol. The third kappa shape index (κ3) is 3.07. The molecule has 3 atom stereocenters. The second-order valence-electron chi connectivity index (χ2n) is 6.56. The minimum Gasteiger partial charge on any atom is -0.453 e. The van der Waals surface area contributed by atoms with Crippen molar-refractivity contribution >= 4 is 6.09 Å². The van der Waals surface area contributed by atoms with Crippen molar-refractivity contribution in [2.45, 2.75) is 44.2 Å². The quantitative estimate of drug-likeness (QED) is 0.749. The predicted octanol–water partition coefficient (Wildman–Crippen LogP) is 2.72. The Kier molecular flexibility index (Phi) is 4.32. The van der Waals surface area contributed by atoms with Crippen molar-refractivity contribution in [3.8, 4) is 11.8 Å². The number of nitrogens with zero attached hydrogens (tertiary/aromatic N) is 1. The van der Waals surface area contributed by atoms with Gasteiger partial charge in [0.05, 0.1) is 7.11 Å². The largest absolute Gasteiger partial charge is 0.453 e. The van der Waals surface area contributed by atoms with Crippen LogP contribution in [0.4, 0.5) is 4.79 Å². The van der Waals surface area contributed by atoms with Gasteiger partial charge in [-0.3, -0.25) is 0 Å². The zero-order valence-electron chi connectivity index (χ0n) is 13.7. The fraction of sp³-hybridized carbons (Fsp3) is 0.526. The van der Waals surface area contributed by atoms with Crippen LogP contribution in [0.25, 0.3) is 0 Å². The summed E-state index contributed by atoms with van der Waals surface area (Å²) in [6.45, 7) is 2.52. The Morgan fingerprint density at radius 2 is 2.26 bits per heavy atom. The van der Waals surface area contributed by atoms with Crippen LogP contribution >= 0.6 is 0 Å². The third-order valence-corrected chi connectivity index (χ3v) is 5.08. The molecule has 0 aromatic heterocycles. The van der Waals surface area contributed by atoms with Crippen LogP contribution in [0.3, 0.4) is 0 Å². The van der Waals surface area contributed by atoms with E-state index in [1.54, 1.807) is 4.90 Å². The van der Waals surface area contributed by atoms with E-state index >= 15 is 0 Å². The summed E-state index contributed by atoms with van der Waals surface area (Å²) in [5.74, 6) is 6.26. The summed E-state index contributed by atoms with van der Waals surface area (Å²) in [5.41, 5.74) is 1.06. The van der Waals surface area contributed by atoms with Crippen LogP contribution in [-0.4, -0.2) is 41.4 Å². The van der Waals surface area contributed by atoms with Crippen molar-refractivity contribution in [2.75, 3.05) is 13.7 Å². The van der Waals surface area contributed by atoms with Gasteiger partial charge in [0.15, 0.2) is 0 Å². The van der Waals surface area contributed by atoms with Crippen molar-refractivity contribution in [3.63, 3.8) is 0 Å². The molecular formula is C19H23NO3. The molecule has 1 aliphatic carbocycles. The van der Waals surface area contributed by atoms with Crippen molar-refractivity contribution in [3.05, 3.63) is 35.4 Å². The molecular weight excluding hydrogens is 290 g/mol. The standard InChI is InChI=1S/C19H23NO3/c1-14-5-3-6-15(13-14)9-10-19(22)11-12-20(18(21)23-2)17-8-4-7-16(17)19/h3,5-6,13,16-17,22H,4,7-8,11-12H2,1-2H3. The van der Waals surface area contributed by atoms with E-state index in [9.17, 15) is 9.90 Å². The summed E-state index contributed by atoms with van der Waals surface area (Å²) in [7, 11) is 1.41. The molecule has 1 saturated carbocycles. The van der Waals surface area contributed by atoms with Gasteiger partial charge in [-0.05, 0) is 37.5 Å². The van der Waals surface area contributed by atoms with Crippen LogP contribution in [-0.2, 0) is 4.74 Å². The maximum atomic E-state index is 11.9. The number of rotatable bonds is 0. The van der Waals surface area contributed by atoms with E-state index in [2.05, 4.69) is 11.8 Å². The Morgan fingerprint density at radius 1 is 1.43 bits per heavy atom. The van der Waals surface area contributed by atoms with Crippen LogP contribution in [0.1, 0.15) is 36.8 Å². The van der Waals surface area contributed by atoms with Crippen LogP contribution in [0.15, 0.2) is 24.3 Å². The second-order valence-corrected chi connectivity index (χ2v) is 6.56. The van der Waals surface area contributed by atoms with Gasteiger partial charge < -0.3 is 14.7 Å². The zero-order chi connectivity index (χ0) is 16.4. The summed E-state index contributed by atoms with van der Waals surface area (Å²) >= 11 is 0. The van der Waals surface area contributed by atoms with Crippen molar-refractivity contribution < 1.29 is 14.6 Å². The number of aliphatic hydroxyl groups is 1. The first kappa shape index (κ1) is 15.9. The van der Waals surface area contributed by atoms with E-state index in [4.69, 9.17) is 4.74 Å². The molecule has 3 rings (SSSR count). The molecule has 4 heteroatoms. The molecule has 0 spiro atoms. The summed E-state index contributed by atoms with van der Waals surface area (Å²) < 4.78 is 4.88. The average molecular weight is 313 g/mol. The average Bonchev–Trinajstić information content (AvgIpc) is 3.04. The lowest BCUT2D eigenvalue weighted by molar-refractivity contribution is -0.0437. The topological polar surface area (TPSA) is 49.8 Å².